The van der Waals surface area contributed by atoms with E-state index in [4.69, 9.17) is 15.2 Å². The number of hydrogen-bond donors (Lipinski definition) is 1. The maximum Gasteiger partial charge on any atom is 0.338 e. The molecule has 1 saturated carbocycles. The summed E-state index contributed by atoms with van der Waals surface area (Å²) >= 11 is 2.12. The maximum absolute atomic E-state index is 12.6. The van der Waals surface area contributed by atoms with Crippen molar-refractivity contribution in [3.05, 3.63) is 81.8 Å². The molecule has 2 aromatic carbocycles. The van der Waals surface area contributed by atoms with Crippen LogP contribution in [0.4, 0.5) is 5.95 Å². The van der Waals surface area contributed by atoms with E-state index in [1.165, 1.54) is 0 Å². The fraction of sp³-hybridized carbons (Fsp3) is 0.240. The monoisotopic (exact) mass is 583 g/mol. The number of rotatable bonds is 7. The molecule has 0 saturated heterocycles. The van der Waals surface area contributed by atoms with Crippen molar-refractivity contribution < 1.29 is 19.1 Å². The van der Waals surface area contributed by atoms with Crippen molar-refractivity contribution in [1.82, 2.24) is 19.5 Å². The van der Waals surface area contributed by atoms with Crippen LogP contribution in [0.1, 0.15) is 33.2 Å². The van der Waals surface area contributed by atoms with Crippen LogP contribution in [-0.2, 0) is 9.47 Å². The molecule has 2 N–H and O–H groups in total. The molecule has 0 spiro atoms. The van der Waals surface area contributed by atoms with Gasteiger partial charge < -0.3 is 19.8 Å². The molecule has 35 heavy (non-hydrogen) atoms. The number of ether oxygens (including phenoxy) is 2. The molecule has 0 radical (unpaired) electrons. The van der Waals surface area contributed by atoms with Crippen LogP contribution in [0.15, 0.2) is 67.0 Å². The number of benzene rings is 2. The molecule has 10 heteroatoms. The Morgan fingerprint density at radius 1 is 0.943 bits per heavy atom. The summed E-state index contributed by atoms with van der Waals surface area (Å²) in [5.41, 5.74) is 8.06. The minimum absolute atomic E-state index is 0.0149. The van der Waals surface area contributed by atoms with Crippen LogP contribution in [0, 0.1) is 15.5 Å². The first kappa shape index (κ1) is 23.2. The number of carbonyl (C=O) groups is 2. The molecular formula is C25H22IN5O4. The summed E-state index contributed by atoms with van der Waals surface area (Å²) in [6.07, 6.45) is 2.44. The summed E-state index contributed by atoms with van der Waals surface area (Å²) in [6, 6.07) is 17.7. The second-order valence-electron chi connectivity index (χ2n) is 8.35. The second-order valence-corrected chi connectivity index (χ2v) is 9.37. The first-order valence-corrected chi connectivity index (χ1v) is 12.2. The summed E-state index contributed by atoms with van der Waals surface area (Å²) in [5.74, 6) is -0.670. The van der Waals surface area contributed by atoms with Gasteiger partial charge in [0.25, 0.3) is 0 Å². The number of fused-ring (bicyclic) bond motifs is 1. The number of aromatic nitrogens is 4. The zero-order valence-corrected chi connectivity index (χ0v) is 20.7. The van der Waals surface area contributed by atoms with Crippen LogP contribution < -0.4 is 5.73 Å². The Balaban J connectivity index is 1.34. The minimum atomic E-state index is -0.391. The molecule has 2 heterocycles. The molecule has 0 bridgehead atoms. The Kier molecular flexibility index (Phi) is 6.62. The van der Waals surface area contributed by atoms with Crippen LogP contribution >= 0.6 is 22.6 Å². The SMILES string of the molecule is Nc1nc(I)c2c(ncn2C2CC(COC(=O)c3ccccc3)C2COC(=O)c2ccccc2)n1. The number of carbonyl (C=O) groups excluding carboxylic acids is 2. The van der Waals surface area contributed by atoms with E-state index >= 15 is 0 Å². The number of anilines is 1. The predicted molar refractivity (Wildman–Crippen MR) is 137 cm³/mol. The topological polar surface area (TPSA) is 122 Å². The fourth-order valence-electron chi connectivity index (χ4n) is 4.38. The lowest BCUT2D eigenvalue weighted by Crippen LogP contribution is -2.44. The van der Waals surface area contributed by atoms with Gasteiger partial charge in [0, 0.05) is 17.9 Å². The summed E-state index contributed by atoms with van der Waals surface area (Å²) in [7, 11) is 0. The lowest BCUT2D eigenvalue weighted by Gasteiger charge is -2.44. The van der Waals surface area contributed by atoms with Crippen molar-refractivity contribution in [3.63, 3.8) is 0 Å². The van der Waals surface area contributed by atoms with Gasteiger partial charge in [-0.25, -0.2) is 19.6 Å². The number of nitrogens with zero attached hydrogens (tertiary/aromatic N) is 4. The standard InChI is InChI=1S/C25H22IN5O4/c26-21-20-22(30-25(27)29-21)28-14-31(20)19-11-17(12-34-23(32)15-7-3-1-4-8-15)18(19)13-35-24(33)16-9-5-2-6-10-16/h1-10,14,17-19H,11-13H2,(H2,27,29,30). The van der Waals surface area contributed by atoms with Crippen LogP contribution in [0.5, 0.6) is 0 Å². The Hall–Kier alpha value is -3.54. The van der Waals surface area contributed by atoms with E-state index in [2.05, 4.69) is 37.5 Å². The number of nitrogen functional groups attached to an aromatic ring is 1. The highest BCUT2D eigenvalue weighted by Crippen LogP contribution is 2.46. The number of esters is 2. The highest BCUT2D eigenvalue weighted by Gasteiger charge is 2.44. The molecule has 1 aliphatic rings. The zero-order valence-electron chi connectivity index (χ0n) is 18.6. The van der Waals surface area contributed by atoms with Crippen molar-refractivity contribution in [2.45, 2.75) is 12.5 Å². The first-order chi connectivity index (χ1) is 17.0. The van der Waals surface area contributed by atoms with Gasteiger partial charge in [0.2, 0.25) is 5.95 Å². The van der Waals surface area contributed by atoms with E-state index in [1.54, 1.807) is 54.9 Å². The molecule has 3 atom stereocenters. The van der Waals surface area contributed by atoms with Gasteiger partial charge in [-0.3, -0.25) is 0 Å². The average Bonchev–Trinajstić information content (AvgIpc) is 3.27. The fourth-order valence-corrected chi connectivity index (χ4v) is 5.14. The summed E-state index contributed by atoms with van der Waals surface area (Å²) in [6.45, 7) is 0.406. The van der Waals surface area contributed by atoms with Crippen molar-refractivity contribution in [2.75, 3.05) is 18.9 Å². The quantitative estimate of drug-likeness (QED) is 0.198. The smallest absolute Gasteiger partial charge is 0.338 e. The van der Waals surface area contributed by atoms with Gasteiger partial charge in [-0.15, -0.1) is 0 Å². The summed E-state index contributed by atoms with van der Waals surface area (Å²) < 4.78 is 14.0. The van der Waals surface area contributed by atoms with Gasteiger partial charge in [-0.05, 0) is 53.3 Å². The van der Waals surface area contributed by atoms with E-state index in [0.717, 1.165) is 11.9 Å². The minimum Gasteiger partial charge on any atom is -0.462 e. The first-order valence-electron chi connectivity index (χ1n) is 11.1. The molecule has 9 nitrogen and oxygen atoms in total. The van der Waals surface area contributed by atoms with Crippen LogP contribution in [0.25, 0.3) is 11.2 Å². The van der Waals surface area contributed by atoms with E-state index in [9.17, 15) is 9.59 Å². The van der Waals surface area contributed by atoms with E-state index in [-0.39, 0.29) is 43.0 Å². The van der Waals surface area contributed by atoms with Crippen molar-refractivity contribution in [2.24, 2.45) is 11.8 Å². The number of nitrogens with two attached hydrogens (primary N) is 1. The van der Waals surface area contributed by atoms with E-state index in [1.807, 2.05) is 16.7 Å². The molecule has 178 valence electrons. The number of halogens is 1. The summed E-state index contributed by atoms with van der Waals surface area (Å²) in [4.78, 5) is 37.9. The average molecular weight is 583 g/mol. The van der Waals surface area contributed by atoms with Crippen LogP contribution in [-0.4, -0.2) is 44.7 Å². The Labute approximate surface area is 214 Å². The van der Waals surface area contributed by atoms with Gasteiger partial charge in [0.15, 0.2) is 5.65 Å². The molecular weight excluding hydrogens is 561 g/mol. The van der Waals surface area contributed by atoms with Gasteiger partial charge in [0.1, 0.15) is 9.22 Å². The number of hydrogen-bond acceptors (Lipinski definition) is 8. The third-order valence-electron chi connectivity index (χ3n) is 6.26. The van der Waals surface area contributed by atoms with Gasteiger partial charge >= 0.3 is 11.9 Å². The largest absolute Gasteiger partial charge is 0.462 e. The second kappa shape index (κ2) is 9.98. The van der Waals surface area contributed by atoms with Gasteiger partial charge in [0.05, 0.1) is 30.7 Å². The molecule has 1 fully saturated rings. The lowest BCUT2D eigenvalue weighted by atomic mass is 9.69. The molecule has 2 aromatic heterocycles. The predicted octanol–water partition coefficient (Wildman–Crippen LogP) is 3.90. The molecule has 5 rings (SSSR count). The Morgan fingerprint density at radius 3 is 2.17 bits per heavy atom. The van der Waals surface area contributed by atoms with E-state index < -0.39 is 5.97 Å². The van der Waals surface area contributed by atoms with Gasteiger partial charge in [-0.2, -0.15) is 4.98 Å². The van der Waals surface area contributed by atoms with Crippen molar-refractivity contribution in [1.29, 1.82) is 0 Å². The van der Waals surface area contributed by atoms with Crippen molar-refractivity contribution in [3.8, 4) is 0 Å². The van der Waals surface area contributed by atoms with Gasteiger partial charge in [-0.1, -0.05) is 36.4 Å². The highest BCUT2D eigenvalue weighted by atomic mass is 127. The lowest BCUT2D eigenvalue weighted by molar-refractivity contribution is -0.0307. The molecule has 0 amide bonds. The zero-order chi connectivity index (χ0) is 24.4. The molecule has 1 aliphatic carbocycles. The highest BCUT2D eigenvalue weighted by molar-refractivity contribution is 14.1. The third kappa shape index (κ3) is 4.83. The van der Waals surface area contributed by atoms with Crippen LogP contribution in [0.3, 0.4) is 0 Å². The van der Waals surface area contributed by atoms with E-state index in [0.29, 0.717) is 20.5 Å². The molecule has 0 aliphatic heterocycles. The van der Waals surface area contributed by atoms with Crippen molar-refractivity contribution >= 4 is 51.6 Å². The Bertz CT molecular complexity index is 1360. The Morgan fingerprint density at radius 2 is 1.54 bits per heavy atom. The molecule has 4 aromatic rings. The normalized spacial score (nSPS) is 19.2. The number of imidazole rings is 1. The maximum atomic E-state index is 12.6. The third-order valence-corrected chi connectivity index (χ3v) is 7.01. The summed E-state index contributed by atoms with van der Waals surface area (Å²) in [5, 5.41) is 0. The molecule has 3 unspecified atom stereocenters. The van der Waals surface area contributed by atoms with Crippen LogP contribution in [0.2, 0.25) is 0 Å².